The van der Waals surface area contributed by atoms with Crippen LogP contribution in [0.1, 0.15) is 17.4 Å². The summed E-state index contributed by atoms with van der Waals surface area (Å²) in [5.41, 5.74) is 1.53. The maximum atomic E-state index is 11.4. The molecule has 5 nitrogen and oxygen atoms in total. The van der Waals surface area contributed by atoms with Crippen molar-refractivity contribution in [3.8, 4) is 0 Å². The average molecular weight is 265 g/mol. The van der Waals surface area contributed by atoms with Crippen molar-refractivity contribution in [1.82, 2.24) is 9.97 Å². The van der Waals surface area contributed by atoms with Gasteiger partial charge in [0.2, 0.25) is 0 Å². The summed E-state index contributed by atoms with van der Waals surface area (Å²) in [5, 5.41) is 12.3. The van der Waals surface area contributed by atoms with Crippen LogP contribution < -0.4 is 0 Å². The molecule has 5 heteroatoms. The van der Waals surface area contributed by atoms with E-state index in [0.717, 1.165) is 10.9 Å². The van der Waals surface area contributed by atoms with Crippen molar-refractivity contribution in [3.63, 3.8) is 0 Å². The molecule has 2 heterocycles. The Labute approximate surface area is 115 Å². The molecule has 0 saturated carbocycles. The summed E-state index contributed by atoms with van der Waals surface area (Å²) in [6.45, 7) is 0. The van der Waals surface area contributed by atoms with Gasteiger partial charge in [0.25, 0.3) is 6.04 Å². The molecule has 1 unspecified atom stereocenters. The molecule has 1 atom stereocenters. The van der Waals surface area contributed by atoms with Gasteiger partial charge in [0.1, 0.15) is 11.4 Å². The molecule has 0 radical (unpaired) electrons. The van der Waals surface area contributed by atoms with Crippen molar-refractivity contribution < 1.29 is 4.92 Å². The molecule has 3 aromatic rings. The van der Waals surface area contributed by atoms with Gasteiger partial charge in [0, 0.05) is 16.5 Å². The molecular formula is C15H11N3O2. The highest BCUT2D eigenvalue weighted by Crippen LogP contribution is 2.24. The Kier molecular flexibility index (Phi) is 3.09. The Morgan fingerprint density at radius 2 is 1.75 bits per heavy atom. The number of para-hydroxylation sites is 1. The molecule has 0 amide bonds. The quantitative estimate of drug-likeness (QED) is 0.539. The Hall–Kier alpha value is -2.82. The van der Waals surface area contributed by atoms with E-state index in [-0.39, 0.29) is 4.92 Å². The number of nitro groups is 1. The number of pyridine rings is 2. The van der Waals surface area contributed by atoms with E-state index in [1.807, 2.05) is 30.3 Å². The third kappa shape index (κ3) is 2.21. The number of hydrogen-bond acceptors (Lipinski definition) is 4. The van der Waals surface area contributed by atoms with E-state index in [1.165, 1.54) is 0 Å². The van der Waals surface area contributed by atoms with Crippen molar-refractivity contribution in [2.24, 2.45) is 0 Å². The van der Waals surface area contributed by atoms with E-state index < -0.39 is 6.04 Å². The minimum absolute atomic E-state index is 0.362. The highest BCUT2D eigenvalue weighted by atomic mass is 16.6. The van der Waals surface area contributed by atoms with Crippen molar-refractivity contribution in [3.05, 3.63) is 82.3 Å². The fraction of sp³-hybridized carbons (Fsp3) is 0.0667. The van der Waals surface area contributed by atoms with Crippen LogP contribution in [0.15, 0.2) is 60.8 Å². The van der Waals surface area contributed by atoms with Gasteiger partial charge in [0.05, 0.1) is 5.52 Å². The summed E-state index contributed by atoms with van der Waals surface area (Å²) in [6, 6.07) is 15.1. The number of nitrogens with zero attached hydrogens (tertiary/aromatic N) is 3. The van der Waals surface area contributed by atoms with Crippen molar-refractivity contribution in [2.45, 2.75) is 6.04 Å². The number of fused-ring (bicyclic) bond motifs is 1. The van der Waals surface area contributed by atoms with Crippen LogP contribution in [0.5, 0.6) is 0 Å². The minimum Gasteiger partial charge on any atom is -0.263 e. The van der Waals surface area contributed by atoms with Crippen molar-refractivity contribution in [2.75, 3.05) is 0 Å². The molecule has 0 aliphatic carbocycles. The predicted octanol–water partition coefficient (Wildman–Crippen LogP) is 3.00. The molecule has 0 fully saturated rings. The zero-order valence-electron chi connectivity index (χ0n) is 10.5. The van der Waals surface area contributed by atoms with Gasteiger partial charge in [-0.05, 0) is 24.3 Å². The van der Waals surface area contributed by atoms with Crippen molar-refractivity contribution in [1.29, 1.82) is 0 Å². The Balaban J connectivity index is 2.13. The first-order valence-electron chi connectivity index (χ1n) is 6.16. The molecule has 1 aromatic carbocycles. The lowest BCUT2D eigenvalue weighted by atomic mass is 10.1. The van der Waals surface area contributed by atoms with Crippen LogP contribution in [0.3, 0.4) is 0 Å². The summed E-state index contributed by atoms with van der Waals surface area (Å²) in [7, 11) is 0. The molecule has 0 bridgehead atoms. The molecule has 20 heavy (non-hydrogen) atoms. The Morgan fingerprint density at radius 1 is 0.950 bits per heavy atom. The maximum absolute atomic E-state index is 11.4. The largest absolute Gasteiger partial charge is 0.296 e. The molecule has 98 valence electrons. The smallest absolute Gasteiger partial charge is 0.263 e. The van der Waals surface area contributed by atoms with Gasteiger partial charge in [-0.25, -0.2) is 4.98 Å². The standard InChI is InChI=1S/C15H11N3O2/c19-18(20)15(13-7-3-4-10-16-13)14-9-8-11-5-1-2-6-12(11)17-14/h1-10,15H. The molecule has 0 aliphatic rings. The van der Waals surface area contributed by atoms with Crippen molar-refractivity contribution >= 4 is 10.9 Å². The minimum atomic E-state index is -1.04. The number of rotatable bonds is 3. The molecule has 3 rings (SSSR count). The zero-order valence-corrected chi connectivity index (χ0v) is 10.5. The first-order valence-corrected chi connectivity index (χ1v) is 6.16. The molecule has 2 aromatic heterocycles. The van der Waals surface area contributed by atoms with Gasteiger partial charge < -0.3 is 0 Å². The van der Waals surface area contributed by atoms with Gasteiger partial charge in [-0.15, -0.1) is 0 Å². The van der Waals surface area contributed by atoms with Gasteiger partial charge in [-0.2, -0.15) is 0 Å². The highest BCUT2D eigenvalue weighted by molar-refractivity contribution is 5.78. The second kappa shape index (κ2) is 5.05. The maximum Gasteiger partial charge on any atom is 0.296 e. The van der Waals surface area contributed by atoms with E-state index in [9.17, 15) is 10.1 Å². The lowest BCUT2D eigenvalue weighted by Gasteiger charge is -2.09. The van der Waals surface area contributed by atoms with Crippen LogP contribution >= 0.6 is 0 Å². The van der Waals surface area contributed by atoms with E-state index in [2.05, 4.69) is 9.97 Å². The zero-order chi connectivity index (χ0) is 13.9. The van der Waals surface area contributed by atoms with E-state index in [1.54, 1.807) is 30.5 Å². The summed E-state index contributed by atoms with van der Waals surface area (Å²) < 4.78 is 0. The summed E-state index contributed by atoms with van der Waals surface area (Å²) >= 11 is 0. The lowest BCUT2D eigenvalue weighted by Crippen LogP contribution is -2.14. The predicted molar refractivity (Wildman–Crippen MR) is 74.8 cm³/mol. The first kappa shape index (κ1) is 12.2. The Bertz CT molecular complexity index is 759. The second-order valence-corrected chi connectivity index (χ2v) is 4.37. The number of benzene rings is 1. The molecule has 0 aliphatic heterocycles. The molecule has 0 spiro atoms. The lowest BCUT2D eigenvalue weighted by molar-refractivity contribution is -0.518. The van der Waals surface area contributed by atoms with Gasteiger partial charge >= 0.3 is 0 Å². The topological polar surface area (TPSA) is 68.9 Å². The van der Waals surface area contributed by atoms with E-state index in [4.69, 9.17) is 0 Å². The normalized spacial score (nSPS) is 12.2. The summed E-state index contributed by atoms with van der Waals surface area (Å²) in [5.74, 6) is 0. The third-order valence-electron chi connectivity index (χ3n) is 3.08. The summed E-state index contributed by atoms with van der Waals surface area (Å²) in [6.07, 6.45) is 1.55. The number of aromatic nitrogens is 2. The second-order valence-electron chi connectivity index (χ2n) is 4.37. The van der Waals surface area contributed by atoms with E-state index in [0.29, 0.717) is 11.4 Å². The van der Waals surface area contributed by atoms with Gasteiger partial charge in [0.15, 0.2) is 0 Å². The molecule has 0 N–H and O–H groups in total. The fourth-order valence-corrected chi connectivity index (χ4v) is 2.14. The Morgan fingerprint density at radius 3 is 2.50 bits per heavy atom. The SMILES string of the molecule is O=[N+]([O-])C(c1ccccn1)c1ccc2ccccc2n1. The first-order chi connectivity index (χ1) is 9.75. The highest BCUT2D eigenvalue weighted by Gasteiger charge is 2.28. The molecule has 0 saturated heterocycles. The third-order valence-corrected chi connectivity index (χ3v) is 3.08. The molecular weight excluding hydrogens is 254 g/mol. The van der Waals surface area contributed by atoms with Crippen LogP contribution in [-0.4, -0.2) is 14.9 Å². The number of hydrogen-bond donors (Lipinski definition) is 0. The summed E-state index contributed by atoms with van der Waals surface area (Å²) in [4.78, 5) is 19.5. The van der Waals surface area contributed by atoms with Gasteiger partial charge in [-0.3, -0.25) is 15.1 Å². The average Bonchev–Trinajstić information content (AvgIpc) is 2.48. The van der Waals surface area contributed by atoms with Crippen LogP contribution in [-0.2, 0) is 0 Å². The van der Waals surface area contributed by atoms with Crippen LogP contribution in [0.2, 0.25) is 0 Å². The van der Waals surface area contributed by atoms with Crippen LogP contribution in [0, 0.1) is 10.1 Å². The monoisotopic (exact) mass is 265 g/mol. The van der Waals surface area contributed by atoms with E-state index >= 15 is 0 Å². The fourth-order valence-electron chi connectivity index (χ4n) is 2.14. The van der Waals surface area contributed by atoms with Gasteiger partial charge in [-0.1, -0.05) is 30.3 Å². The van der Waals surface area contributed by atoms with Crippen LogP contribution in [0.25, 0.3) is 10.9 Å². The van der Waals surface area contributed by atoms with Crippen LogP contribution in [0.4, 0.5) is 0 Å².